The Morgan fingerprint density at radius 2 is 1.81 bits per heavy atom. The van der Waals surface area contributed by atoms with Crippen molar-refractivity contribution in [2.75, 3.05) is 13.1 Å². The smallest absolute Gasteiger partial charge is 0.318 e. The molecule has 21 heavy (non-hydrogen) atoms. The van der Waals surface area contributed by atoms with Gasteiger partial charge in [0.25, 0.3) is 0 Å². The van der Waals surface area contributed by atoms with E-state index in [1.54, 1.807) is 13.8 Å². The van der Waals surface area contributed by atoms with Crippen LogP contribution in [0.2, 0.25) is 0 Å². The summed E-state index contributed by atoms with van der Waals surface area (Å²) in [6.07, 6.45) is 0.413. The number of nitrogens with two attached hydrogens (primary N) is 1. The molecule has 1 aliphatic heterocycles. The molecule has 120 valence electrons. The Balaban J connectivity index is 2.78. The first-order valence-electron chi connectivity index (χ1n) is 7.20. The van der Waals surface area contributed by atoms with E-state index in [0.717, 1.165) is 0 Å². The largest absolute Gasteiger partial charge is 0.481 e. The number of carboxylic acids is 1. The molecule has 3 amide bonds. The number of primary amides is 1. The monoisotopic (exact) mass is 299 g/mol. The second-order valence-electron chi connectivity index (χ2n) is 6.36. The maximum atomic E-state index is 12.2. The molecular formula is C14H25N3O4. The molecule has 0 bridgehead atoms. The number of carboxylic acid groups (broad SMARTS) is 1. The topological polar surface area (TPSA) is 113 Å². The fourth-order valence-corrected chi connectivity index (χ4v) is 2.69. The normalized spacial score (nSPS) is 23.4. The van der Waals surface area contributed by atoms with Crippen molar-refractivity contribution in [2.45, 2.75) is 40.2 Å². The van der Waals surface area contributed by atoms with Crippen LogP contribution in [0.4, 0.5) is 4.79 Å². The Bertz CT molecular complexity index is 436. The molecule has 1 saturated heterocycles. The third kappa shape index (κ3) is 3.46. The van der Waals surface area contributed by atoms with Crippen LogP contribution < -0.4 is 11.1 Å². The first-order valence-corrected chi connectivity index (χ1v) is 7.20. The number of nitrogens with one attached hydrogen (secondary N) is 1. The van der Waals surface area contributed by atoms with Gasteiger partial charge in [0.05, 0.1) is 5.41 Å². The number of hydrogen-bond donors (Lipinski definition) is 3. The van der Waals surface area contributed by atoms with Crippen molar-refractivity contribution in [3.8, 4) is 0 Å². The van der Waals surface area contributed by atoms with Gasteiger partial charge in [-0.05, 0) is 18.3 Å². The molecule has 0 aliphatic carbocycles. The lowest BCUT2D eigenvalue weighted by molar-refractivity contribution is -0.150. The van der Waals surface area contributed by atoms with Crippen LogP contribution in [-0.2, 0) is 9.59 Å². The highest BCUT2D eigenvalue weighted by molar-refractivity contribution is 5.87. The molecular weight excluding hydrogens is 274 g/mol. The molecule has 7 heteroatoms. The average molecular weight is 299 g/mol. The first kappa shape index (κ1) is 17.3. The molecule has 1 heterocycles. The second-order valence-corrected chi connectivity index (χ2v) is 6.36. The molecule has 0 aromatic carbocycles. The summed E-state index contributed by atoms with van der Waals surface area (Å²) in [6, 6.07) is -1.19. The van der Waals surface area contributed by atoms with Crippen molar-refractivity contribution in [1.82, 2.24) is 10.2 Å². The molecule has 2 atom stereocenters. The molecule has 7 nitrogen and oxygen atoms in total. The van der Waals surface area contributed by atoms with E-state index < -0.39 is 29.4 Å². The second kappa shape index (κ2) is 6.32. The first-order chi connectivity index (χ1) is 9.61. The van der Waals surface area contributed by atoms with Crippen molar-refractivity contribution < 1.29 is 19.5 Å². The van der Waals surface area contributed by atoms with E-state index in [0.29, 0.717) is 13.0 Å². The number of nitrogens with zero attached hydrogens (tertiary/aromatic N) is 1. The third-order valence-electron chi connectivity index (χ3n) is 4.37. The molecule has 0 aromatic rings. The lowest BCUT2D eigenvalue weighted by atomic mass is 9.76. The van der Waals surface area contributed by atoms with Crippen molar-refractivity contribution in [3.05, 3.63) is 0 Å². The number of urea groups is 1. The van der Waals surface area contributed by atoms with E-state index in [9.17, 15) is 19.5 Å². The Morgan fingerprint density at radius 1 is 1.24 bits per heavy atom. The molecule has 0 aromatic heterocycles. The number of amides is 3. The van der Waals surface area contributed by atoms with Gasteiger partial charge in [0.2, 0.25) is 5.91 Å². The van der Waals surface area contributed by atoms with Gasteiger partial charge in [-0.15, -0.1) is 0 Å². The minimum atomic E-state index is -0.919. The van der Waals surface area contributed by atoms with Crippen LogP contribution in [0.5, 0.6) is 0 Å². The number of likely N-dealkylation sites (tertiary alicyclic amines) is 1. The van der Waals surface area contributed by atoms with Crippen LogP contribution in [0, 0.1) is 17.3 Å². The maximum Gasteiger partial charge on any atom is 0.318 e. The summed E-state index contributed by atoms with van der Waals surface area (Å²) in [4.78, 5) is 36.5. The predicted molar refractivity (Wildman–Crippen MR) is 77.4 cm³/mol. The zero-order valence-electron chi connectivity index (χ0n) is 13.0. The molecule has 4 N–H and O–H groups in total. The molecule has 1 fully saturated rings. The molecule has 2 unspecified atom stereocenters. The molecule has 0 spiro atoms. The lowest BCUT2D eigenvalue weighted by Crippen LogP contribution is -2.52. The minimum Gasteiger partial charge on any atom is -0.481 e. The third-order valence-corrected chi connectivity index (χ3v) is 4.37. The van der Waals surface area contributed by atoms with Crippen LogP contribution in [0.25, 0.3) is 0 Å². The average Bonchev–Trinajstić information content (AvgIpc) is 2.81. The van der Waals surface area contributed by atoms with Gasteiger partial charge in [0, 0.05) is 13.1 Å². The predicted octanol–water partition coefficient (Wildman–Crippen LogP) is 0.639. The SMILES string of the molecule is CC(C)C(NC(=O)N1CCC(C(=O)O)(C(C)C)C1)C(N)=O. The summed E-state index contributed by atoms with van der Waals surface area (Å²) >= 11 is 0. The zero-order chi connectivity index (χ0) is 16.4. The molecule has 1 aliphatic rings. The number of aliphatic carboxylic acids is 1. The van der Waals surface area contributed by atoms with Crippen molar-refractivity contribution in [1.29, 1.82) is 0 Å². The van der Waals surface area contributed by atoms with Crippen molar-refractivity contribution >= 4 is 17.9 Å². The number of carbonyl (C=O) groups excluding carboxylic acids is 2. The quantitative estimate of drug-likeness (QED) is 0.691. The molecule has 0 radical (unpaired) electrons. The summed E-state index contributed by atoms with van der Waals surface area (Å²) in [5.41, 5.74) is 4.35. The van der Waals surface area contributed by atoms with Gasteiger partial charge in [0.15, 0.2) is 0 Å². The maximum absolute atomic E-state index is 12.2. The van der Waals surface area contributed by atoms with Gasteiger partial charge in [0.1, 0.15) is 6.04 Å². The highest BCUT2D eigenvalue weighted by Gasteiger charge is 2.48. The van der Waals surface area contributed by atoms with Gasteiger partial charge in [-0.25, -0.2) is 4.79 Å². The van der Waals surface area contributed by atoms with Crippen molar-refractivity contribution in [3.63, 3.8) is 0 Å². The van der Waals surface area contributed by atoms with E-state index in [2.05, 4.69) is 5.32 Å². The number of carbonyl (C=O) groups is 3. The standard InChI is InChI=1S/C14H25N3O4/c1-8(2)10(11(15)18)16-13(21)17-6-5-14(7-17,9(3)4)12(19)20/h8-10H,5-7H2,1-4H3,(H2,15,18)(H,16,21)(H,19,20). The summed E-state index contributed by atoms with van der Waals surface area (Å²) in [5, 5.41) is 12.1. The summed E-state index contributed by atoms with van der Waals surface area (Å²) in [6.45, 7) is 7.77. The van der Waals surface area contributed by atoms with Crippen LogP contribution in [0.3, 0.4) is 0 Å². The Labute approximate surface area is 124 Å². The van der Waals surface area contributed by atoms with Crippen molar-refractivity contribution in [2.24, 2.45) is 23.0 Å². The molecule has 1 rings (SSSR count). The highest BCUT2D eigenvalue weighted by Crippen LogP contribution is 2.38. The van der Waals surface area contributed by atoms with Gasteiger partial charge in [-0.3, -0.25) is 9.59 Å². The van der Waals surface area contributed by atoms with E-state index in [4.69, 9.17) is 5.73 Å². The van der Waals surface area contributed by atoms with Crippen LogP contribution in [-0.4, -0.2) is 47.0 Å². The van der Waals surface area contributed by atoms with Crippen LogP contribution in [0.1, 0.15) is 34.1 Å². The van der Waals surface area contributed by atoms with Gasteiger partial charge < -0.3 is 21.1 Å². The van der Waals surface area contributed by atoms with E-state index in [1.807, 2.05) is 13.8 Å². The van der Waals surface area contributed by atoms with E-state index in [1.165, 1.54) is 4.90 Å². The summed E-state index contributed by atoms with van der Waals surface area (Å²) in [5.74, 6) is -1.68. The summed E-state index contributed by atoms with van der Waals surface area (Å²) < 4.78 is 0. The van der Waals surface area contributed by atoms with Gasteiger partial charge in [-0.1, -0.05) is 27.7 Å². The fourth-order valence-electron chi connectivity index (χ4n) is 2.69. The minimum absolute atomic E-state index is 0.0789. The van der Waals surface area contributed by atoms with Crippen LogP contribution in [0.15, 0.2) is 0 Å². The van der Waals surface area contributed by atoms with Gasteiger partial charge in [-0.2, -0.15) is 0 Å². The fraction of sp³-hybridized carbons (Fsp3) is 0.786. The lowest BCUT2D eigenvalue weighted by Gasteiger charge is -2.29. The highest BCUT2D eigenvalue weighted by atomic mass is 16.4. The van der Waals surface area contributed by atoms with E-state index >= 15 is 0 Å². The zero-order valence-corrected chi connectivity index (χ0v) is 13.0. The Hall–Kier alpha value is -1.79. The van der Waals surface area contributed by atoms with Crippen LogP contribution >= 0.6 is 0 Å². The summed E-state index contributed by atoms with van der Waals surface area (Å²) in [7, 11) is 0. The Morgan fingerprint density at radius 3 is 2.14 bits per heavy atom. The Kier molecular flexibility index (Phi) is 5.20. The van der Waals surface area contributed by atoms with Gasteiger partial charge >= 0.3 is 12.0 Å². The number of hydrogen-bond acceptors (Lipinski definition) is 3. The molecule has 0 saturated carbocycles. The number of rotatable bonds is 5. The van der Waals surface area contributed by atoms with E-state index in [-0.39, 0.29) is 18.4 Å².